The Morgan fingerprint density at radius 3 is 2.55 bits per heavy atom. The summed E-state index contributed by atoms with van der Waals surface area (Å²) in [5, 5.41) is 3.08. The molecule has 0 unspecified atom stereocenters. The molecule has 0 fully saturated rings. The van der Waals surface area contributed by atoms with Gasteiger partial charge in [0.25, 0.3) is 0 Å². The predicted octanol–water partition coefficient (Wildman–Crippen LogP) is 0.174. The molecule has 0 aromatic rings. The lowest BCUT2D eigenvalue weighted by Crippen LogP contribution is -2.19. The monoisotopic (exact) mass is 160 g/mol. The van der Waals surface area contributed by atoms with Crippen LogP contribution in [0.1, 0.15) is 6.42 Å². The maximum atomic E-state index is 5.36. The van der Waals surface area contributed by atoms with Gasteiger partial charge < -0.3 is 15.0 Å². The van der Waals surface area contributed by atoms with Crippen molar-refractivity contribution in [3.8, 4) is 0 Å². The van der Waals surface area contributed by atoms with Gasteiger partial charge >= 0.3 is 0 Å². The van der Waals surface area contributed by atoms with E-state index in [4.69, 9.17) is 4.74 Å². The van der Waals surface area contributed by atoms with E-state index in [1.54, 1.807) is 0 Å². The Hall–Kier alpha value is -0.120. The summed E-state index contributed by atoms with van der Waals surface area (Å²) >= 11 is 0. The van der Waals surface area contributed by atoms with Gasteiger partial charge in [-0.25, -0.2) is 0 Å². The van der Waals surface area contributed by atoms with Gasteiger partial charge in [-0.1, -0.05) is 0 Å². The Kier molecular flexibility index (Phi) is 7.89. The van der Waals surface area contributed by atoms with Gasteiger partial charge in [0.2, 0.25) is 0 Å². The molecule has 3 nitrogen and oxygen atoms in total. The van der Waals surface area contributed by atoms with Gasteiger partial charge in [-0.05, 0) is 34.1 Å². The molecule has 0 spiro atoms. The van der Waals surface area contributed by atoms with Crippen LogP contribution in [0.25, 0.3) is 0 Å². The van der Waals surface area contributed by atoms with Crippen molar-refractivity contribution >= 4 is 0 Å². The standard InChI is InChI=1S/C8H20N2O/c1-9-5-4-7-11-8-6-10(2)3/h9H,4-8H2,1-3H3. The highest BCUT2D eigenvalue weighted by Crippen LogP contribution is 1.81. The molecular formula is C8H20N2O. The van der Waals surface area contributed by atoms with E-state index < -0.39 is 0 Å². The molecule has 1 N–H and O–H groups in total. The maximum absolute atomic E-state index is 5.36. The molecule has 0 rings (SSSR count). The fraction of sp³-hybridized carbons (Fsp3) is 1.00. The summed E-state index contributed by atoms with van der Waals surface area (Å²) in [5.41, 5.74) is 0. The first-order valence-corrected chi connectivity index (χ1v) is 4.14. The first-order chi connectivity index (χ1) is 5.27. The Labute approximate surface area is 69.7 Å². The van der Waals surface area contributed by atoms with Gasteiger partial charge in [-0.2, -0.15) is 0 Å². The Bertz CT molecular complexity index is 76.5. The fourth-order valence-corrected chi connectivity index (χ4v) is 0.700. The number of hydrogen-bond donors (Lipinski definition) is 1. The van der Waals surface area contributed by atoms with Crippen LogP contribution in [0.3, 0.4) is 0 Å². The fourth-order valence-electron chi connectivity index (χ4n) is 0.700. The maximum Gasteiger partial charge on any atom is 0.0593 e. The van der Waals surface area contributed by atoms with Crippen LogP contribution in [0.5, 0.6) is 0 Å². The van der Waals surface area contributed by atoms with Crippen LogP contribution in [0.2, 0.25) is 0 Å². The van der Waals surface area contributed by atoms with E-state index in [0.717, 1.165) is 32.7 Å². The van der Waals surface area contributed by atoms with E-state index in [-0.39, 0.29) is 0 Å². The zero-order chi connectivity index (χ0) is 8.53. The normalized spacial score (nSPS) is 10.9. The van der Waals surface area contributed by atoms with Crippen molar-refractivity contribution < 1.29 is 4.74 Å². The first-order valence-electron chi connectivity index (χ1n) is 4.14. The number of likely N-dealkylation sites (N-methyl/N-ethyl adjacent to an activating group) is 1. The lowest BCUT2D eigenvalue weighted by molar-refractivity contribution is 0.116. The molecule has 3 heteroatoms. The smallest absolute Gasteiger partial charge is 0.0593 e. The third kappa shape index (κ3) is 9.88. The van der Waals surface area contributed by atoms with Crippen molar-refractivity contribution in [2.45, 2.75) is 6.42 Å². The summed E-state index contributed by atoms with van der Waals surface area (Å²) < 4.78 is 5.36. The molecule has 68 valence electrons. The summed E-state index contributed by atoms with van der Waals surface area (Å²) in [6.45, 7) is 3.77. The summed E-state index contributed by atoms with van der Waals surface area (Å²) in [5.74, 6) is 0. The largest absolute Gasteiger partial charge is 0.380 e. The predicted molar refractivity (Wildman–Crippen MR) is 47.9 cm³/mol. The van der Waals surface area contributed by atoms with Gasteiger partial charge in [-0.3, -0.25) is 0 Å². The van der Waals surface area contributed by atoms with Crippen LogP contribution in [0, 0.1) is 0 Å². The summed E-state index contributed by atoms with van der Waals surface area (Å²) in [6, 6.07) is 0. The first kappa shape index (κ1) is 10.9. The zero-order valence-electron chi connectivity index (χ0n) is 7.89. The molecule has 0 aliphatic rings. The number of rotatable bonds is 7. The quantitative estimate of drug-likeness (QED) is 0.537. The molecule has 0 heterocycles. The highest BCUT2D eigenvalue weighted by atomic mass is 16.5. The Balaban J connectivity index is 2.80. The second kappa shape index (κ2) is 7.98. The number of ether oxygens (including phenoxy) is 1. The van der Waals surface area contributed by atoms with E-state index in [2.05, 4.69) is 24.3 Å². The molecular weight excluding hydrogens is 140 g/mol. The number of nitrogens with one attached hydrogen (secondary N) is 1. The van der Waals surface area contributed by atoms with Crippen LogP contribution < -0.4 is 5.32 Å². The summed E-state index contributed by atoms with van der Waals surface area (Å²) in [4.78, 5) is 2.12. The van der Waals surface area contributed by atoms with Crippen LogP contribution in [-0.2, 0) is 4.74 Å². The third-order valence-electron chi connectivity index (χ3n) is 1.40. The van der Waals surface area contributed by atoms with Gasteiger partial charge in [-0.15, -0.1) is 0 Å². The van der Waals surface area contributed by atoms with E-state index in [1.807, 2.05) is 7.05 Å². The van der Waals surface area contributed by atoms with Crippen molar-refractivity contribution in [2.75, 3.05) is 47.4 Å². The van der Waals surface area contributed by atoms with E-state index in [1.165, 1.54) is 0 Å². The third-order valence-corrected chi connectivity index (χ3v) is 1.40. The minimum atomic E-state index is 0.844. The second-order valence-electron chi connectivity index (χ2n) is 2.87. The SMILES string of the molecule is CNCCCOCCN(C)C. The topological polar surface area (TPSA) is 24.5 Å². The Morgan fingerprint density at radius 2 is 2.00 bits per heavy atom. The van der Waals surface area contributed by atoms with E-state index in [0.29, 0.717) is 0 Å². The van der Waals surface area contributed by atoms with Crippen molar-refractivity contribution in [3.63, 3.8) is 0 Å². The summed E-state index contributed by atoms with van der Waals surface area (Å²) in [6.07, 6.45) is 1.10. The van der Waals surface area contributed by atoms with Crippen LogP contribution in [0.15, 0.2) is 0 Å². The second-order valence-corrected chi connectivity index (χ2v) is 2.87. The minimum absolute atomic E-state index is 0.844. The molecule has 0 saturated heterocycles. The molecule has 0 aliphatic carbocycles. The lowest BCUT2D eigenvalue weighted by Gasteiger charge is -2.09. The van der Waals surface area contributed by atoms with Crippen LogP contribution >= 0.6 is 0 Å². The Morgan fingerprint density at radius 1 is 1.27 bits per heavy atom. The van der Waals surface area contributed by atoms with E-state index in [9.17, 15) is 0 Å². The van der Waals surface area contributed by atoms with Gasteiger partial charge in [0.05, 0.1) is 6.61 Å². The van der Waals surface area contributed by atoms with E-state index >= 15 is 0 Å². The summed E-state index contributed by atoms with van der Waals surface area (Å²) in [7, 11) is 6.06. The van der Waals surface area contributed by atoms with Gasteiger partial charge in [0.1, 0.15) is 0 Å². The molecule has 0 saturated carbocycles. The van der Waals surface area contributed by atoms with Crippen molar-refractivity contribution in [3.05, 3.63) is 0 Å². The zero-order valence-corrected chi connectivity index (χ0v) is 7.89. The molecule has 0 amide bonds. The van der Waals surface area contributed by atoms with Gasteiger partial charge in [0.15, 0.2) is 0 Å². The highest BCUT2D eigenvalue weighted by Gasteiger charge is 1.89. The highest BCUT2D eigenvalue weighted by molar-refractivity contribution is 4.42. The van der Waals surface area contributed by atoms with Crippen molar-refractivity contribution in [1.29, 1.82) is 0 Å². The van der Waals surface area contributed by atoms with Crippen LogP contribution in [0.4, 0.5) is 0 Å². The molecule has 0 radical (unpaired) electrons. The molecule has 0 aromatic carbocycles. The van der Waals surface area contributed by atoms with Crippen molar-refractivity contribution in [1.82, 2.24) is 10.2 Å². The average Bonchev–Trinajstić information content (AvgIpc) is 1.96. The minimum Gasteiger partial charge on any atom is -0.380 e. The molecule has 11 heavy (non-hydrogen) atoms. The number of nitrogens with zero attached hydrogens (tertiary/aromatic N) is 1. The molecule has 0 aliphatic heterocycles. The van der Waals surface area contributed by atoms with Crippen LogP contribution in [-0.4, -0.2) is 52.3 Å². The average molecular weight is 160 g/mol. The van der Waals surface area contributed by atoms with Gasteiger partial charge in [0, 0.05) is 13.2 Å². The van der Waals surface area contributed by atoms with Crippen molar-refractivity contribution in [2.24, 2.45) is 0 Å². The number of hydrogen-bond acceptors (Lipinski definition) is 3. The molecule has 0 atom stereocenters. The lowest BCUT2D eigenvalue weighted by atomic mass is 10.4. The molecule has 0 aromatic heterocycles. The molecule has 0 bridgehead atoms.